The first kappa shape index (κ1) is 25.2. The van der Waals surface area contributed by atoms with E-state index < -0.39 is 24.4 Å². The van der Waals surface area contributed by atoms with Crippen LogP contribution in [-0.2, 0) is 19.1 Å². The largest absolute Gasteiger partial charge is 0.495 e. The highest BCUT2D eigenvalue weighted by atomic mass is 79.9. The van der Waals surface area contributed by atoms with E-state index in [0.29, 0.717) is 22.0 Å². The zero-order chi connectivity index (χ0) is 23.5. The van der Waals surface area contributed by atoms with E-state index in [0.717, 1.165) is 4.47 Å². The van der Waals surface area contributed by atoms with Crippen LogP contribution >= 0.6 is 27.5 Å². The predicted octanol–water partition coefficient (Wildman–Crippen LogP) is 3.22. The monoisotopic (exact) mass is 525 g/mol. The Hall–Kier alpha value is -3.11. The maximum absolute atomic E-state index is 12.1. The summed E-state index contributed by atoms with van der Waals surface area (Å²) in [6, 6.07) is 11.3. The summed E-state index contributed by atoms with van der Waals surface area (Å²) >= 11 is 9.17. The third-order valence-electron chi connectivity index (χ3n) is 4.01. The standard InChI is InChI=1S/C21H21BrClN3O6/c1-31-17-10-9-15(23)11-16(17)24-18(27)3-2-4-20(29)32-12-19(28)25-26-21(30)13-5-7-14(22)8-6-13/h5-11H,2-4,12H2,1H3,(H,24,27)(H,25,28)(H,26,30). The highest BCUT2D eigenvalue weighted by Crippen LogP contribution is 2.27. The Bertz CT molecular complexity index is 984. The lowest BCUT2D eigenvalue weighted by Gasteiger charge is -2.10. The first-order chi connectivity index (χ1) is 15.3. The van der Waals surface area contributed by atoms with Crippen molar-refractivity contribution in [1.82, 2.24) is 10.9 Å². The minimum absolute atomic E-state index is 0.0558. The summed E-state index contributed by atoms with van der Waals surface area (Å²) in [7, 11) is 1.47. The topological polar surface area (TPSA) is 123 Å². The van der Waals surface area contributed by atoms with E-state index in [-0.39, 0.29) is 25.2 Å². The van der Waals surface area contributed by atoms with Crippen molar-refractivity contribution in [2.45, 2.75) is 19.3 Å². The van der Waals surface area contributed by atoms with E-state index in [1.54, 1.807) is 42.5 Å². The minimum Gasteiger partial charge on any atom is -0.495 e. The number of halogens is 2. The molecule has 0 atom stereocenters. The van der Waals surface area contributed by atoms with Crippen LogP contribution in [0.5, 0.6) is 5.75 Å². The molecule has 0 aliphatic rings. The van der Waals surface area contributed by atoms with Gasteiger partial charge in [0.1, 0.15) is 5.75 Å². The number of esters is 1. The number of nitrogens with one attached hydrogen (secondary N) is 3. The maximum atomic E-state index is 12.1. The van der Waals surface area contributed by atoms with Gasteiger partial charge in [0.15, 0.2) is 6.61 Å². The number of carbonyl (C=O) groups excluding carboxylic acids is 4. The fourth-order valence-electron chi connectivity index (χ4n) is 2.44. The van der Waals surface area contributed by atoms with Crippen LogP contribution in [0.25, 0.3) is 0 Å². The van der Waals surface area contributed by atoms with Gasteiger partial charge in [-0.3, -0.25) is 30.0 Å². The maximum Gasteiger partial charge on any atom is 0.306 e. The Morgan fingerprint density at radius 1 is 0.969 bits per heavy atom. The molecule has 0 aliphatic heterocycles. The molecule has 0 saturated carbocycles. The van der Waals surface area contributed by atoms with E-state index in [4.69, 9.17) is 21.1 Å². The molecule has 2 aromatic rings. The van der Waals surface area contributed by atoms with Gasteiger partial charge in [0.2, 0.25) is 5.91 Å². The van der Waals surface area contributed by atoms with Crippen LogP contribution in [0.1, 0.15) is 29.6 Å². The number of hydrogen-bond acceptors (Lipinski definition) is 6. The van der Waals surface area contributed by atoms with Crippen molar-refractivity contribution in [3.8, 4) is 5.75 Å². The van der Waals surface area contributed by atoms with E-state index in [1.807, 2.05) is 0 Å². The van der Waals surface area contributed by atoms with Crippen molar-refractivity contribution in [2.24, 2.45) is 0 Å². The van der Waals surface area contributed by atoms with Gasteiger partial charge in [0, 0.05) is 27.9 Å². The van der Waals surface area contributed by atoms with Crippen LogP contribution in [0, 0.1) is 0 Å². The smallest absolute Gasteiger partial charge is 0.306 e. The SMILES string of the molecule is COc1ccc(Cl)cc1NC(=O)CCCC(=O)OCC(=O)NNC(=O)c1ccc(Br)cc1. The van der Waals surface area contributed by atoms with Gasteiger partial charge in [-0.1, -0.05) is 27.5 Å². The molecule has 0 aromatic heterocycles. The van der Waals surface area contributed by atoms with Crippen LogP contribution in [-0.4, -0.2) is 37.4 Å². The van der Waals surface area contributed by atoms with Gasteiger partial charge in [0.25, 0.3) is 11.8 Å². The van der Waals surface area contributed by atoms with Crippen molar-refractivity contribution in [2.75, 3.05) is 19.0 Å². The third-order valence-corrected chi connectivity index (χ3v) is 4.77. The highest BCUT2D eigenvalue weighted by Gasteiger charge is 2.12. The number of methoxy groups -OCH3 is 1. The molecule has 0 saturated heterocycles. The number of benzene rings is 2. The van der Waals surface area contributed by atoms with E-state index in [1.165, 1.54) is 7.11 Å². The summed E-state index contributed by atoms with van der Waals surface area (Å²) in [6.07, 6.45) is 0.217. The van der Waals surface area contributed by atoms with Crippen LogP contribution < -0.4 is 20.9 Å². The number of rotatable bonds is 9. The second-order valence-corrected chi connectivity index (χ2v) is 7.77. The molecule has 0 heterocycles. The Morgan fingerprint density at radius 3 is 2.38 bits per heavy atom. The number of anilines is 1. The molecule has 2 aromatic carbocycles. The molecule has 0 bridgehead atoms. The molecule has 32 heavy (non-hydrogen) atoms. The number of carbonyl (C=O) groups is 4. The second-order valence-electron chi connectivity index (χ2n) is 6.42. The normalized spacial score (nSPS) is 10.1. The van der Waals surface area contributed by atoms with Gasteiger partial charge in [-0.05, 0) is 48.9 Å². The Balaban J connectivity index is 1.64. The third kappa shape index (κ3) is 8.56. The zero-order valence-electron chi connectivity index (χ0n) is 17.1. The number of hydrazine groups is 1. The number of amides is 3. The average molecular weight is 527 g/mol. The zero-order valence-corrected chi connectivity index (χ0v) is 19.4. The predicted molar refractivity (Wildman–Crippen MR) is 121 cm³/mol. The summed E-state index contributed by atoms with van der Waals surface area (Å²) in [6.45, 7) is -0.564. The first-order valence-corrected chi connectivity index (χ1v) is 10.6. The van der Waals surface area contributed by atoms with Crippen molar-refractivity contribution >= 4 is 56.9 Å². The van der Waals surface area contributed by atoms with Gasteiger partial charge in [0.05, 0.1) is 12.8 Å². The van der Waals surface area contributed by atoms with Crippen molar-refractivity contribution in [1.29, 1.82) is 0 Å². The van der Waals surface area contributed by atoms with Crippen molar-refractivity contribution < 1.29 is 28.7 Å². The molecule has 0 aliphatic carbocycles. The fourth-order valence-corrected chi connectivity index (χ4v) is 2.87. The van der Waals surface area contributed by atoms with Crippen molar-refractivity contribution in [3.63, 3.8) is 0 Å². The second kappa shape index (κ2) is 12.7. The first-order valence-electron chi connectivity index (χ1n) is 9.42. The molecular formula is C21H21BrClN3O6. The summed E-state index contributed by atoms with van der Waals surface area (Å²) in [5.74, 6) is -1.73. The molecule has 11 heteroatoms. The quantitative estimate of drug-likeness (QED) is 0.341. The molecule has 0 radical (unpaired) electrons. The lowest BCUT2D eigenvalue weighted by molar-refractivity contribution is -0.148. The fraction of sp³-hybridized carbons (Fsp3) is 0.238. The van der Waals surface area contributed by atoms with Gasteiger partial charge < -0.3 is 14.8 Å². The molecule has 170 valence electrons. The lowest BCUT2D eigenvalue weighted by Crippen LogP contribution is -2.43. The van der Waals surface area contributed by atoms with Crippen LogP contribution in [0.2, 0.25) is 5.02 Å². The highest BCUT2D eigenvalue weighted by molar-refractivity contribution is 9.10. The van der Waals surface area contributed by atoms with Gasteiger partial charge in [-0.15, -0.1) is 0 Å². The Morgan fingerprint density at radius 2 is 1.69 bits per heavy atom. The molecule has 2 rings (SSSR count). The van der Waals surface area contributed by atoms with E-state index in [2.05, 4.69) is 32.1 Å². The van der Waals surface area contributed by atoms with Gasteiger partial charge >= 0.3 is 5.97 Å². The van der Waals surface area contributed by atoms with Gasteiger partial charge in [-0.2, -0.15) is 0 Å². The molecule has 9 nitrogen and oxygen atoms in total. The molecule has 3 N–H and O–H groups in total. The Kier molecular flexibility index (Phi) is 9.96. The molecule has 3 amide bonds. The molecular weight excluding hydrogens is 506 g/mol. The number of ether oxygens (including phenoxy) is 2. The number of hydrogen-bond donors (Lipinski definition) is 3. The molecule has 0 unspecified atom stereocenters. The Labute approximate surface area is 197 Å². The van der Waals surface area contributed by atoms with Crippen LogP contribution in [0.3, 0.4) is 0 Å². The molecule has 0 spiro atoms. The summed E-state index contributed by atoms with van der Waals surface area (Å²) in [5.41, 5.74) is 5.14. The summed E-state index contributed by atoms with van der Waals surface area (Å²) in [4.78, 5) is 47.4. The van der Waals surface area contributed by atoms with E-state index >= 15 is 0 Å². The van der Waals surface area contributed by atoms with E-state index in [9.17, 15) is 19.2 Å². The summed E-state index contributed by atoms with van der Waals surface area (Å²) < 4.78 is 10.8. The van der Waals surface area contributed by atoms with Gasteiger partial charge in [-0.25, -0.2) is 0 Å². The van der Waals surface area contributed by atoms with Crippen LogP contribution in [0.4, 0.5) is 5.69 Å². The average Bonchev–Trinajstić information content (AvgIpc) is 2.76. The lowest BCUT2D eigenvalue weighted by atomic mass is 10.2. The van der Waals surface area contributed by atoms with Crippen molar-refractivity contribution in [3.05, 3.63) is 57.5 Å². The molecule has 0 fully saturated rings. The van der Waals surface area contributed by atoms with Crippen LogP contribution in [0.15, 0.2) is 46.9 Å². The minimum atomic E-state index is -0.699. The summed E-state index contributed by atoms with van der Waals surface area (Å²) in [5, 5.41) is 3.10.